The van der Waals surface area contributed by atoms with Crippen LogP contribution < -0.4 is 0 Å². The molecule has 0 aliphatic carbocycles. The fourth-order valence-corrected chi connectivity index (χ4v) is 1.89. The van der Waals surface area contributed by atoms with E-state index in [1.807, 2.05) is 6.07 Å². The van der Waals surface area contributed by atoms with Crippen LogP contribution in [-0.2, 0) is 6.42 Å². The maximum Gasteiger partial charge on any atom is 0.128 e. The largest absolute Gasteiger partial charge is 0.207 e. The summed E-state index contributed by atoms with van der Waals surface area (Å²) in [6.07, 6.45) is 0.00297. The molecule has 0 atom stereocenters. The first-order valence-corrected chi connectivity index (χ1v) is 5.60. The highest BCUT2D eigenvalue weighted by atomic mass is 35.5. The maximum absolute atomic E-state index is 13.7. The monoisotopic (exact) mass is 263 g/mol. The van der Waals surface area contributed by atoms with Crippen molar-refractivity contribution in [1.29, 1.82) is 5.26 Å². The second-order valence-electron chi connectivity index (χ2n) is 3.77. The number of nitrogens with zero attached hydrogens (tertiary/aromatic N) is 1. The molecular formula is C14H8ClF2N. The Hall–Kier alpha value is -1.92. The summed E-state index contributed by atoms with van der Waals surface area (Å²) in [5, 5.41) is 8.87. The van der Waals surface area contributed by atoms with Gasteiger partial charge in [0, 0.05) is 16.1 Å². The van der Waals surface area contributed by atoms with E-state index in [2.05, 4.69) is 0 Å². The molecule has 2 rings (SSSR count). The topological polar surface area (TPSA) is 23.8 Å². The van der Waals surface area contributed by atoms with Crippen LogP contribution in [0.15, 0.2) is 36.4 Å². The first kappa shape index (κ1) is 12.5. The van der Waals surface area contributed by atoms with Crippen LogP contribution in [0.3, 0.4) is 0 Å². The number of rotatable bonds is 2. The van der Waals surface area contributed by atoms with E-state index >= 15 is 0 Å². The minimum atomic E-state index is -0.491. The number of benzene rings is 2. The normalized spacial score (nSPS) is 10.1. The predicted molar refractivity (Wildman–Crippen MR) is 66.1 cm³/mol. The molecule has 0 unspecified atom stereocenters. The van der Waals surface area contributed by atoms with Crippen LogP contribution in [0.5, 0.6) is 0 Å². The van der Waals surface area contributed by atoms with Gasteiger partial charge in [0.05, 0.1) is 12.5 Å². The van der Waals surface area contributed by atoms with Crippen molar-refractivity contribution < 1.29 is 8.78 Å². The number of hydrogen-bond acceptors (Lipinski definition) is 1. The van der Waals surface area contributed by atoms with Crippen molar-refractivity contribution in [3.8, 4) is 17.2 Å². The molecule has 4 heteroatoms. The first-order valence-electron chi connectivity index (χ1n) is 5.22. The van der Waals surface area contributed by atoms with Gasteiger partial charge in [-0.1, -0.05) is 23.7 Å². The van der Waals surface area contributed by atoms with Gasteiger partial charge in [-0.15, -0.1) is 0 Å². The Kier molecular flexibility index (Phi) is 3.59. The second-order valence-corrected chi connectivity index (χ2v) is 4.17. The number of halogens is 3. The van der Waals surface area contributed by atoms with Crippen LogP contribution in [-0.4, -0.2) is 0 Å². The van der Waals surface area contributed by atoms with Crippen molar-refractivity contribution >= 4 is 11.6 Å². The molecule has 0 aliphatic heterocycles. The lowest BCUT2D eigenvalue weighted by molar-refractivity contribution is 0.615. The number of hydrogen-bond donors (Lipinski definition) is 0. The van der Waals surface area contributed by atoms with Gasteiger partial charge in [-0.2, -0.15) is 5.26 Å². The minimum absolute atomic E-state index is 0.00297. The van der Waals surface area contributed by atoms with E-state index in [4.69, 9.17) is 16.9 Å². The molecule has 1 nitrogen and oxygen atoms in total. The van der Waals surface area contributed by atoms with Crippen molar-refractivity contribution in [2.75, 3.05) is 0 Å². The van der Waals surface area contributed by atoms with Gasteiger partial charge in [-0.3, -0.25) is 0 Å². The summed E-state index contributed by atoms with van der Waals surface area (Å²) in [7, 11) is 0. The Bertz CT molecular complexity index is 632. The van der Waals surface area contributed by atoms with Gasteiger partial charge in [0.25, 0.3) is 0 Å². The van der Waals surface area contributed by atoms with Gasteiger partial charge < -0.3 is 0 Å². The van der Waals surface area contributed by atoms with Gasteiger partial charge >= 0.3 is 0 Å². The molecule has 0 aliphatic rings. The fourth-order valence-electron chi connectivity index (χ4n) is 1.66. The molecule has 18 heavy (non-hydrogen) atoms. The van der Waals surface area contributed by atoms with Crippen molar-refractivity contribution in [3.05, 3.63) is 58.6 Å². The molecule has 0 bridgehead atoms. The van der Waals surface area contributed by atoms with Gasteiger partial charge in [0.1, 0.15) is 11.6 Å². The SMILES string of the molecule is N#CCc1ccc(-c2cc(F)ccc2Cl)cc1F. The molecule has 0 N–H and O–H groups in total. The van der Waals surface area contributed by atoms with Gasteiger partial charge in [0.15, 0.2) is 0 Å². The lowest BCUT2D eigenvalue weighted by Crippen LogP contribution is -1.90. The molecule has 0 heterocycles. The molecule has 2 aromatic rings. The quantitative estimate of drug-likeness (QED) is 0.790. The van der Waals surface area contributed by atoms with Crippen LogP contribution in [0.2, 0.25) is 5.02 Å². The zero-order chi connectivity index (χ0) is 13.1. The third-order valence-corrected chi connectivity index (χ3v) is 2.89. The van der Waals surface area contributed by atoms with E-state index in [1.165, 1.54) is 30.3 Å². The summed E-state index contributed by atoms with van der Waals surface area (Å²) >= 11 is 5.94. The Morgan fingerprint density at radius 3 is 2.56 bits per heavy atom. The summed E-state index contributed by atoms with van der Waals surface area (Å²) in [6.45, 7) is 0. The fraction of sp³-hybridized carbons (Fsp3) is 0.0714. The van der Waals surface area contributed by atoms with Gasteiger partial charge in [-0.25, -0.2) is 8.78 Å². The van der Waals surface area contributed by atoms with Crippen molar-refractivity contribution in [2.24, 2.45) is 0 Å². The standard InChI is InChI=1S/C14H8ClF2N/c15-13-4-3-11(16)8-12(13)10-2-1-9(5-6-18)14(17)7-10/h1-4,7-8H,5H2. The summed E-state index contributed by atoms with van der Waals surface area (Å²) in [6, 6.07) is 10.2. The summed E-state index contributed by atoms with van der Waals surface area (Å²) in [4.78, 5) is 0. The van der Waals surface area contributed by atoms with Crippen LogP contribution in [0, 0.1) is 23.0 Å². The lowest BCUT2D eigenvalue weighted by atomic mass is 10.0. The third kappa shape index (κ3) is 2.49. The van der Waals surface area contributed by atoms with Crippen LogP contribution in [0.4, 0.5) is 8.78 Å². The summed E-state index contributed by atoms with van der Waals surface area (Å²) in [5.41, 5.74) is 1.23. The van der Waals surface area contributed by atoms with Crippen molar-refractivity contribution in [1.82, 2.24) is 0 Å². The molecule has 90 valence electrons. The van der Waals surface area contributed by atoms with E-state index < -0.39 is 11.6 Å². The Balaban J connectivity index is 2.49. The van der Waals surface area contributed by atoms with Gasteiger partial charge in [0.2, 0.25) is 0 Å². The van der Waals surface area contributed by atoms with Crippen LogP contribution >= 0.6 is 11.6 Å². The van der Waals surface area contributed by atoms with Crippen molar-refractivity contribution in [3.63, 3.8) is 0 Å². The minimum Gasteiger partial charge on any atom is -0.207 e. The molecule has 2 aromatic carbocycles. The second kappa shape index (κ2) is 5.16. The molecular weight excluding hydrogens is 256 g/mol. The summed E-state index contributed by atoms with van der Waals surface area (Å²) in [5.74, 6) is -0.926. The van der Waals surface area contributed by atoms with Crippen LogP contribution in [0.1, 0.15) is 5.56 Å². The van der Waals surface area contributed by atoms with Crippen LogP contribution in [0.25, 0.3) is 11.1 Å². The smallest absolute Gasteiger partial charge is 0.128 e. The zero-order valence-corrected chi connectivity index (χ0v) is 10.0. The molecule has 0 saturated carbocycles. The highest BCUT2D eigenvalue weighted by Gasteiger charge is 2.08. The lowest BCUT2D eigenvalue weighted by Gasteiger charge is -2.06. The average Bonchev–Trinajstić information content (AvgIpc) is 2.35. The summed E-state index contributed by atoms with van der Waals surface area (Å²) < 4.78 is 26.8. The zero-order valence-electron chi connectivity index (χ0n) is 9.25. The van der Waals surface area contributed by atoms with Gasteiger partial charge in [-0.05, 0) is 29.8 Å². The predicted octanol–water partition coefficient (Wildman–Crippen LogP) is 4.35. The highest BCUT2D eigenvalue weighted by Crippen LogP contribution is 2.29. The Morgan fingerprint density at radius 2 is 1.89 bits per heavy atom. The average molecular weight is 264 g/mol. The number of nitriles is 1. The molecule has 0 amide bonds. The van der Waals surface area contributed by atoms with E-state index in [0.29, 0.717) is 21.7 Å². The first-order chi connectivity index (χ1) is 8.61. The molecule has 0 saturated heterocycles. The highest BCUT2D eigenvalue weighted by molar-refractivity contribution is 6.33. The van der Waals surface area contributed by atoms with Crippen molar-refractivity contribution in [2.45, 2.75) is 6.42 Å². The third-order valence-electron chi connectivity index (χ3n) is 2.56. The Labute approximate surface area is 108 Å². The maximum atomic E-state index is 13.7. The van der Waals surface area contributed by atoms with E-state index in [9.17, 15) is 8.78 Å². The van der Waals surface area contributed by atoms with E-state index in [1.54, 1.807) is 6.07 Å². The van der Waals surface area contributed by atoms with E-state index in [-0.39, 0.29) is 6.42 Å². The molecule has 0 spiro atoms. The molecule has 0 fully saturated rings. The molecule has 0 aromatic heterocycles. The Morgan fingerprint density at radius 1 is 1.11 bits per heavy atom. The molecule has 0 radical (unpaired) electrons. The van der Waals surface area contributed by atoms with E-state index in [0.717, 1.165) is 0 Å².